The topological polar surface area (TPSA) is 52.3 Å². The van der Waals surface area contributed by atoms with Crippen LogP contribution < -0.4 is 4.90 Å². The second-order valence-electron chi connectivity index (χ2n) is 7.74. The Morgan fingerprint density at radius 2 is 1.86 bits per heavy atom. The first kappa shape index (κ1) is 19.4. The van der Waals surface area contributed by atoms with Crippen LogP contribution in [0.5, 0.6) is 0 Å². The summed E-state index contributed by atoms with van der Waals surface area (Å²) < 4.78 is 30.9. The second-order valence-corrected chi connectivity index (χ2v) is 7.74. The van der Waals surface area contributed by atoms with Crippen LogP contribution in [-0.2, 0) is 11.3 Å². The zero-order chi connectivity index (χ0) is 20.5. The van der Waals surface area contributed by atoms with Crippen molar-refractivity contribution in [3.8, 4) is 6.07 Å². The average molecular weight is 398 g/mol. The Morgan fingerprint density at radius 1 is 1.17 bits per heavy atom. The van der Waals surface area contributed by atoms with Crippen LogP contribution >= 0.6 is 0 Å². The maximum Gasteiger partial charge on any atom is 0.226 e. The predicted octanol–water partition coefficient (Wildman–Crippen LogP) is 3.85. The Hall–Kier alpha value is -2.88. The number of aromatic nitrogens is 1. The van der Waals surface area contributed by atoms with Gasteiger partial charge in [0.1, 0.15) is 5.69 Å². The van der Waals surface area contributed by atoms with E-state index in [1.165, 1.54) is 5.69 Å². The molecule has 1 unspecified atom stereocenters. The lowest BCUT2D eigenvalue weighted by Crippen LogP contribution is -2.47. The molecule has 1 fully saturated rings. The standard InChI is InChI=1S/C22H24F2N4O/c1-2-19-20-4-3-7-26(20)10-11-28(19)22(29)16-5-8-27(9-6-16)21-17(23)12-15(14-25)13-18(21)24/h3-4,7,12-13,16,19H,2,5-6,8-11H2,1H3. The third-order valence-electron chi connectivity index (χ3n) is 6.14. The summed E-state index contributed by atoms with van der Waals surface area (Å²) in [5.74, 6) is -1.45. The van der Waals surface area contributed by atoms with Crippen molar-refractivity contribution < 1.29 is 13.6 Å². The first-order chi connectivity index (χ1) is 14.0. The lowest BCUT2D eigenvalue weighted by molar-refractivity contribution is -0.140. The Balaban J connectivity index is 1.45. The molecule has 0 bridgehead atoms. The molecule has 152 valence electrons. The SMILES string of the molecule is CCC1c2cccn2CCN1C(=O)C1CCN(c2c(F)cc(C#N)cc2F)CC1. The van der Waals surface area contributed by atoms with Gasteiger partial charge in [-0.25, -0.2) is 8.78 Å². The Labute approximate surface area is 169 Å². The van der Waals surface area contributed by atoms with Gasteiger partial charge in [0.05, 0.1) is 17.7 Å². The van der Waals surface area contributed by atoms with Crippen molar-refractivity contribution in [2.75, 3.05) is 24.5 Å². The summed E-state index contributed by atoms with van der Waals surface area (Å²) in [5, 5.41) is 8.86. The fourth-order valence-electron chi connectivity index (χ4n) is 4.67. The number of carbonyl (C=O) groups excluding carboxylic acids is 1. The lowest BCUT2D eigenvalue weighted by Gasteiger charge is -2.40. The number of piperidine rings is 1. The lowest BCUT2D eigenvalue weighted by atomic mass is 9.93. The molecule has 29 heavy (non-hydrogen) atoms. The largest absolute Gasteiger partial charge is 0.367 e. The zero-order valence-electron chi connectivity index (χ0n) is 16.4. The number of hydrogen-bond acceptors (Lipinski definition) is 3. The monoisotopic (exact) mass is 398 g/mol. The molecule has 3 heterocycles. The van der Waals surface area contributed by atoms with E-state index in [-0.39, 0.29) is 29.1 Å². The number of anilines is 1. The number of fused-ring (bicyclic) bond motifs is 1. The van der Waals surface area contributed by atoms with Crippen molar-refractivity contribution in [2.45, 2.75) is 38.8 Å². The summed E-state index contributed by atoms with van der Waals surface area (Å²) in [7, 11) is 0. The predicted molar refractivity (Wildman–Crippen MR) is 105 cm³/mol. The molecule has 1 aromatic heterocycles. The van der Waals surface area contributed by atoms with Gasteiger partial charge >= 0.3 is 0 Å². The van der Waals surface area contributed by atoms with Crippen LogP contribution in [0.15, 0.2) is 30.5 Å². The maximum absolute atomic E-state index is 14.3. The molecule has 1 aromatic carbocycles. The first-order valence-electron chi connectivity index (χ1n) is 10.1. The van der Waals surface area contributed by atoms with Crippen molar-refractivity contribution in [2.24, 2.45) is 5.92 Å². The maximum atomic E-state index is 14.3. The first-order valence-corrected chi connectivity index (χ1v) is 10.1. The van der Waals surface area contributed by atoms with Crippen LogP contribution in [0, 0.1) is 28.9 Å². The van der Waals surface area contributed by atoms with Gasteiger partial charge in [-0.3, -0.25) is 4.79 Å². The van der Waals surface area contributed by atoms with E-state index in [0.717, 1.165) is 25.1 Å². The number of nitrogens with zero attached hydrogens (tertiary/aromatic N) is 4. The van der Waals surface area contributed by atoms with Crippen LogP contribution in [0.1, 0.15) is 43.5 Å². The highest BCUT2D eigenvalue weighted by molar-refractivity contribution is 5.80. The molecule has 0 saturated carbocycles. The molecule has 2 aliphatic rings. The highest BCUT2D eigenvalue weighted by Crippen LogP contribution is 2.34. The number of hydrogen-bond donors (Lipinski definition) is 0. The summed E-state index contributed by atoms with van der Waals surface area (Å²) in [6, 6.07) is 8.06. The molecule has 0 spiro atoms. The van der Waals surface area contributed by atoms with Crippen LogP contribution in [0.3, 0.4) is 0 Å². The number of rotatable bonds is 3. The molecule has 1 saturated heterocycles. The average Bonchev–Trinajstić information content (AvgIpc) is 3.21. The van der Waals surface area contributed by atoms with Crippen LogP contribution in [0.4, 0.5) is 14.5 Å². The molecule has 2 aliphatic heterocycles. The van der Waals surface area contributed by atoms with Crippen molar-refractivity contribution in [1.29, 1.82) is 5.26 Å². The van der Waals surface area contributed by atoms with E-state index in [0.29, 0.717) is 32.5 Å². The Morgan fingerprint density at radius 3 is 2.48 bits per heavy atom. The molecule has 0 radical (unpaired) electrons. The summed E-state index contributed by atoms with van der Waals surface area (Å²) in [6.45, 7) is 4.41. The van der Waals surface area contributed by atoms with Crippen LogP contribution in [0.2, 0.25) is 0 Å². The van der Waals surface area contributed by atoms with Gasteiger partial charge in [-0.15, -0.1) is 0 Å². The molecule has 0 aliphatic carbocycles. The summed E-state index contributed by atoms with van der Waals surface area (Å²) in [6.07, 6.45) is 4.03. The minimum Gasteiger partial charge on any atom is -0.367 e. The van der Waals surface area contributed by atoms with Gasteiger partial charge in [0.25, 0.3) is 0 Å². The fraction of sp³-hybridized carbons (Fsp3) is 0.455. The fourth-order valence-corrected chi connectivity index (χ4v) is 4.67. The van der Waals surface area contributed by atoms with Gasteiger partial charge in [-0.1, -0.05) is 6.92 Å². The molecule has 1 atom stereocenters. The number of amides is 1. The van der Waals surface area contributed by atoms with E-state index >= 15 is 0 Å². The van der Waals surface area contributed by atoms with E-state index in [1.54, 1.807) is 11.0 Å². The highest BCUT2D eigenvalue weighted by Gasteiger charge is 2.35. The molecule has 2 aromatic rings. The third-order valence-corrected chi connectivity index (χ3v) is 6.14. The molecular formula is C22H24F2N4O. The van der Waals surface area contributed by atoms with Gasteiger partial charge in [0.2, 0.25) is 5.91 Å². The molecule has 7 heteroatoms. The number of nitriles is 1. The number of halogens is 2. The van der Waals surface area contributed by atoms with E-state index in [4.69, 9.17) is 5.26 Å². The molecule has 1 amide bonds. The highest BCUT2D eigenvalue weighted by atomic mass is 19.1. The van der Waals surface area contributed by atoms with Crippen LogP contribution in [0.25, 0.3) is 0 Å². The second kappa shape index (κ2) is 7.86. The number of benzene rings is 1. The quantitative estimate of drug-likeness (QED) is 0.789. The third kappa shape index (κ3) is 3.48. The van der Waals surface area contributed by atoms with E-state index in [2.05, 4.69) is 23.8 Å². The molecule has 5 nitrogen and oxygen atoms in total. The molecule has 0 N–H and O–H groups in total. The summed E-state index contributed by atoms with van der Waals surface area (Å²) in [5.41, 5.74) is 1.04. The van der Waals surface area contributed by atoms with Gasteiger partial charge < -0.3 is 14.4 Å². The Bertz CT molecular complexity index is 933. The van der Waals surface area contributed by atoms with E-state index in [9.17, 15) is 13.6 Å². The van der Waals surface area contributed by atoms with Gasteiger partial charge in [0.15, 0.2) is 11.6 Å². The van der Waals surface area contributed by atoms with Crippen molar-refractivity contribution in [1.82, 2.24) is 9.47 Å². The normalized spacial score (nSPS) is 19.7. The minimum atomic E-state index is -0.728. The van der Waals surface area contributed by atoms with Crippen molar-refractivity contribution in [3.05, 3.63) is 53.4 Å². The summed E-state index contributed by atoms with van der Waals surface area (Å²) >= 11 is 0. The Kier molecular flexibility index (Phi) is 5.27. The van der Waals surface area contributed by atoms with Crippen LogP contribution in [-0.4, -0.2) is 35.0 Å². The number of carbonyl (C=O) groups is 1. The van der Waals surface area contributed by atoms with E-state index in [1.807, 2.05) is 11.0 Å². The zero-order valence-corrected chi connectivity index (χ0v) is 16.4. The van der Waals surface area contributed by atoms with Crippen molar-refractivity contribution in [3.63, 3.8) is 0 Å². The van der Waals surface area contributed by atoms with Gasteiger partial charge in [-0.05, 0) is 43.5 Å². The minimum absolute atomic E-state index is 0.0331. The summed E-state index contributed by atoms with van der Waals surface area (Å²) in [4.78, 5) is 16.9. The smallest absolute Gasteiger partial charge is 0.226 e. The van der Waals surface area contributed by atoms with Gasteiger partial charge in [0, 0.05) is 44.0 Å². The molecule has 4 rings (SSSR count). The van der Waals surface area contributed by atoms with Gasteiger partial charge in [-0.2, -0.15) is 5.26 Å². The van der Waals surface area contributed by atoms with Crippen molar-refractivity contribution >= 4 is 11.6 Å². The van der Waals surface area contributed by atoms with E-state index < -0.39 is 11.6 Å². The molecular weight excluding hydrogens is 374 g/mol.